The smallest absolute Gasteiger partial charge is 0.317 e. The van der Waals surface area contributed by atoms with Crippen molar-refractivity contribution in [2.24, 2.45) is 5.92 Å². The van der Waals surface area contributed by atoms with Gasteiger partial charge in [0.2, 0.25) is 5.91 Å². The van der Waals surface area contributed by atoms with Gasteiger partial charge in [-0.1, -0.05) is 32.9 Å². The highest BCUT2D eigenvalue weighted by atomic mass is 19.1. The van der Waals surface area contributed by atoms with Gasteiger partial charge >= 0.3 is 5.97 Å². The number of carbonyl (C=O) groups excluding carboxylic acids is 1. The van der Waals surface area contributed by atoms with Gasteiger partial charge < -0.3 is 10.4 Å². The predicted molar refractivity (Wildman–Crippen MR) is 86.5 cm³/mol. The molecule has 2 N–H and O–H groups in total. The summed E-state index contributed by atoms with van der Waals surface area (Å²) in [5, 5.41) is 11.8. The Balaban J connectivity index is 2.73. The zero-order chi connectivity index (χ0) is 17.4. The van der Waals surface area contributed by atoms with E-state index in [1.54, 1.807) is 17.0 Å². The van der Waals surface area contributed by atoms with Crippen molar-refractivity contribution in [3.8, 4) is 0 Å². The number of benzene rings is 1. The minimum absolute atomic E-state index is 0.0323. The second kappa shape index (κ2) is 9.25. The van der Waals surface area contributed by atoms with Crippen LogP contribution in [0.15, 0.2) is 24.3 Å². The molecule has 0 heterocycles. The molecule has 0 bridgehead atoms. The molecule has 23 heavy (non-hydrogen) atoms. The fourth-order valence-corrected chi connectivity index (χ4v) is 2.45. The van der Waals surface area contributed by atoms with Gasteiger partial charge in [-0.25, -0.2) is 4.39 Å². The minimum Gasteiger partial charge on any atom is -0.480 e. The summed E-state index contributed by atoms with van der Waals surface area (Å²) in [5.74, 6) is -1.38. The molecule has 0 spiro atoms. The normalized spacial score (nSPS) is 12.4. The number of carbonyl (C=O) groups is 2. The van der Waals surface area contributed by atoms with E-state index in [2.05, 4.69) is 5.32 Å². The Morgan fingerprint density at radius 1 is 1.22 bits per heavy atom. The zero-order valence-corrected chi connectivity index (χ0v) is 13.9. The zero-order valence-electron chi connectivity index (χ0n) is 13.9. The maximum Gasteiger partial charge on any atom is 0.317 e. The van der Waals surface area contributed by atoms with Gasteiger partial charge in [0.25, 0.3) is 0 Å². The molecule has 0 aliphatic carbocycles. The maximum atomic E-state index is 13.0. The fourth-order valence-electron chi connectivity index (χ4n) is 2.45. The molecule has 0 aliphatic heterocycles. The van der Waals surface area contributed by atoms with Crippen molar-refractivity contribution >= 4 is 11.9 Å². The number of hydrogen-bond acceptors (Lipinski definition) is 3. The summed E-state index contributed by atoms with van der Waals surface area (Å²) in [6, 6.07) is 5.80. The monoisotopic (exact) mass is 324 g/mol. The third kappa shape index (κ3) is 6.78. The third-order valence-electron chi connectivity index (χ3n) is 3.48. The van der Waals surface area contributed by atoms with E-state index in [1.807, 2.05) is 20.8 Å². The van der Waals surface area contributed by atoms with Crippen LogP contribution in [0.25, 0.3) is 0 Å². The lowest BCUT2D eigenvalue weighted by molar-refractivity contribution is -0.138. The van der Waals surface area contributed by atoms with E-state index < -0.39 is 5.97 Å². The van der Waals surface area contributed by atoms with Crippen molar-refractivity contribution in [1.29, 1.82) is 0 Å². The second-order valence-corrected chi connectivity index (χ2v) is 5.95. The first-order valence-corrected chi connectivity index (χ1v) is 7.82. The molecular formula is C17H25FN2O3. The van der Waals surface area contributed by atoms with E-state index in [0.29, 0.717) is 6.54 Å². The highest BCUT2D eigenvalue weighted by Crippen LogP contribution is 2.21. The lowest BCUT2D eigenvalue weighted by Crippen LogP contribution is -2.42. The van der Waals surface area contributed by atoms with Crippen LogP contribution < -0.4 is 5.32 Å². The first-order chi connectivity index (χ1) is 10.8. The summed E-state index contributed by atoms with van der Waals surface area (Å²) in [6.07, 6.45) is 0.770. The van der Waals surface area contributed by atoms with Gasteiger partial charge in [0.15, 0.2) is 0 Å². The first kappa shape index (κ1) is 19.1. The molecule has 128 valence electrons. The Morgan fingerprint density at radius 3 is 2.30 bits per heavy atom. The Morgan fingerprint density at radius 2 is 1.83 bits per heavy atom. The number of rotatable bonds is 9. The second-order valence-electron chi connectivity index (χ2n) is 5.95. The van der Waals surface area contributed by atoms with Gasteiger partial charge in [0, 0.05) is 0 Å². The number of amides is 1. The minimum atomic E-state index is -0.954. The molecule has 6 heteroatoms. The van der Waals surface area contributed by atoms with Gasteiger partial charge in [0.1, 0.15) is 5.82 Å². The van der Waals surface area contributed by atoms with Crippen LogP contribution in [0.3, 0.4) is 0 Å². The van der Waals surface area contributed by atoms with Crippen LogP contribution in [0.5, 0.6) is 0 Å². The number of hydrogen-bond donors (Lipinski definition) is 2. The summed E-state index contributed by atoms with van der Waals surface area (Å²) in [6.45, 7) is 6.28. The Kier molecular flexibility index (Phi) is 7.68. The lowest BCUT2D eigenvalue weighted by Gasteiger charge is -2.25. The van der Waals surface area contributed by atoms with Crippen molar-refractivity contribution in [2.75, 3.05) is 19.6 Å². The quantitative estimate of drug-likeness (QED) is 0.732. The van der Waals surface area contributed by atoms with Gasteiger partial charge in [-0.2, -0.15) is 0 Å². The molecule has 0 saturated heterocycles. The Labute approximate surface area is 136 Å². The van der Waals surface area contributed by atoms with Crippen molar-refractivity contribution < 1.29 is 19.1 Å². The predicted octanol–water partition coefficient (Wildman–Crippen LogP) is 2.44. The maximum absolute atomic E-state index is 13.0. The van der Waals surface area contributed by atoms with Crippen LogP contribution in [0.1, 0.15) is 38.8 Å². The largest absolute Gasteiger partial charge is 0.480 e. The van der Waals surface area contributed by atoms with Crippen LogP contribution in [-0.4, -0.2) is 41.5 Å². The highest BCUT2D eigenvalue weighted by molar-refractivity contribution is 5.79. The molecule has 0 fully saturated rings. The molecule has 1 rings (SSSR count). The van der Waals surface area contributed by atoms with Crippen molar-refractivity contribution in [3.05, 3.63) is 35.6 Å². The molecule has 1 atom stereocenters. The molecule has 0 radical (unpaired) electrons. The van der Waals surface area contributed by atoms with Gasteiger partial charge in [-0.05, 0) is 36.6 Å². The molecule has 0 saturated carbocycles. The summed E-state index contributed by atoms with van der Waals surface area (Å²) in [4.78, 5) is 24.7. The number of nitrogens with one attached hydrogen (secondary N) is 1. The number of carboxylic acid groups (broad SMARTS) is 1. The average molecular weight is 324 g/mol. The molecule has 1 unspecified atom stereocenters. The van der Waals surface area contributed by atoms with Crippen LogP contribution in [0, 0.1) is 11.7 Å². The molecule has 1 aromatic rings. The van der Waals surface area contributed by atoms with E-state index in [9.17, 15) is 14.0 Å². The number of halogens is 1. The van der Waals surface area contributed by atoms with Gasteiger partial charge in [-0.15, -0.1) is 0 Å². The van der Waals surface area contributed by atoms with Gasteiger partial charge in [0.05, 0.1) is 19.1 Å². The number of nitrogens with zero attached hydrogens (tertiary/aromatic N) is 1. The van der Waals surface area contributed by atoms with Crippen molar-refractivity contribution in [3.63, 3.8) is 0 Å². The molecular weight excluding hydrogens is 299 g/mol. The van der Waals surface area contributed by atoms with Crippen LogP contribution >= 0.6 is 0 Å². The van der Waals surface area contributed by atoms with E-state index in [0.717, 1.165) is 12.0 Å². The SMILES string of the molecule is CCCN(CC(=O)O)CC(=O)NC(c1ccc(F)cc1)C(C)C. The molecule has 0 aliphatic rings. The average Bonchev–Trinajstić information content (AvgIpc) is 2.45. The molecule has 1 amide bonds. The Hall–Kier alpha value is -1.95. The highest BCUT2D eigenvalue weighted by Gasteiger charge is 2.20. The van der Waals surface area contributed by atoms with E-state index in [4.69, 9.17) is 5.11 Å². The number of aliphatic carboxylic acids is 1. The van der Waals surface area contributed by atoms with Gasteiger partial charge in [-0.3, -0.25) is 14.5 Å². The summed E-state index contributed by atoms with van der Waals surface area (Å²) in [5.41, 5.74) is 0.829. The van der Waals surface area contributed by atoms with Crippen molar-refractivity contribution in [1.82, 2.24) is 10.2 Å². The third-order valence-corrected chi connectivity index (χ3v) is 3.48. The standard InChI is InChI=1S/C17H25FN2O3/c1-4-9-20(11-16(22)23)10-15(21)19-17(12(2)3)13-5-7-14(18)8-6-13/h5-8,12,17H,4,9-11H2,1-3H3,(H,19,21)(H,22,23). The van der Waals surface area contributed by atoms with E-state index in [1.165, 1.54) is 12.1 Å². The molecule has 1 aromatic carbocycles. The fraction of sp³-hybridized carbons (Fsp3) is 0.529. The van der Waals surface area contributed by atoms with E-state index >= 15 is 0 Å². The summed E-state index contributed by atoms with van der Waals surface area (Å²) < 4.78 is 13.0. The molecule has 5 nitrogen and oxygen atoms in total. The van der Waals surface area contributed by atoms with Crippen LogP contribution in [-0.2, 0) is 9.59 Å². The Bertz CT molecular complexity index is 517. The summed E-state index contributed by atoms with van der Waals surface area (Å²) >= 11 is 0. The van der Waals surface area contributed by atoms with E-state index in [-0.39, 0.29) is 36.8 Å². The first-order valence-electron chi connectivity index (χ1n) is 7.82. The molecule has 0 aromatic heterocycles. The van der Waals surface area contributed by atoms with Crippen molar-refractivity contribution in [2.45, 2.75) is 33.2 Å². The van der Waals surface area contributed by atoms with Crippen LogP contribution in [0.4, 0.5) is 4.39 Å². The topological polar surface area (TPSA) is 69.6 Å². The van der Waals surface area contributed by atoms with Crippen LogP contribution in [0.2, 0.25) is 0 Å². The lowest BCUT2D eigenvalue weighted by atomic mass is 9.96. The number of carboxylic acids is 1. The summed E-state index contributed by atoms with van der Waals surface area (Å²) in [7, 11) is 0.